The van der Waals surface area contributed by atoms with E-state index in [9.17, 15) is 10.2 Å². The number of hydrogen-bond donors (Lipinski definition) is 4. The van der Waals surface area contributed by atoms with Crippen LogP contribution in [0.1, 0.15) is 113 Å². The average molecular weight is 746 g/mol. The summed E-state index contributed by atoms with van der Waals surface area (Å²) in [4.78, 5) is 0. The van der Waals surface area contributed by atoms with Crippen molar-refractivity contribution in [2.24, 2.45) is 5.73 Å². The summed E-state index contributed by atoms with van der Waals surface area (Å²) in [7, 11) is 0. The van der Waals surface area contributed by atoms with Crippen LogP contribution >= 0.6 is 0 Å². The van der Waals surface area contributed by atoms with Crippen molar-refractivity contribution >= 4 is 16.6 Å². The number of dihydropyridines is 1. The number of nitrogens with one attached hydrogen (secondary N) is 1. The number of nitrogens with two attached hydrogens (primary N) is 1. The van der Waals surface area contributed by atoms with Crippen molar-refractivity contribution in [3.05, 3.63) is 113 Å². The number of aromatic nitrogens is 1. The molecule has 3 aliphatic heterocycles. The second kappa shape index (κ2) is 16.6. The lowest BCUT2D eigenvalue weighted by molar-refractivity contribution is -0.119. The number of phenols is 1. The van der Waals surface area contributed by atoms with Crippen molar-refractivity contribution < 1.29 is 24.4 Å². The number of fused-ring (bicyclic) bond motifs is 4. The van der Waals surface area contributed by atoms with Crippen LogP contribution < -0.4 is 15.8 Å². The molecule has 55 heavy (non-hydrogen) atoms. The van der Waals surface area contributed by atoms with Crippen LogP contribution in [0.4, 0.5) is 0 Å². The fourth-order valence-corrected chi connectivity index (χ4v) is 9.71. The van der Waals surface area contributed by atoms with Gasteiger partial charge in [0.25, 0.3) is 0 Å². The Morgan fingerprint density at radius 1 is 0.945 bits per heavy atom. The van der Waals surface area contributed by atoms with Gasteiger partial charge in [-0.3, -0.25) is 0 Å². The summed E-state index contributed by atoms with van der Waals surface area (Å²) >= 11 is 0. The minimum atomic E-state index is -0.511. The number of aromatic hydroxyl groups is 1. The van der Waals surface area contributed by atoms with Crippen LogP contribution in [0.3, 0.4) is 0 Å². The second-order valence-corrected chi connectivity index (χ2v) is 16.6. The lowest BCUT2D eigenvalue weighted by atomic mass is 9.62. The Hall–Kier alpha value is -4.08. The van der Waals surface area contributed by atoms with Crippen molar-refractivity contribution in [1.82, 2.24) is 9.88 Å². The van der Waals surface area contributed by atoms with E-state index in [1.807, 2.05) is 18.2 Å². The van der Waals surface area contributed by atoms with Crippen LogP contribution in [0.5, 0.6) is 11.5 Å². The molecule has 4 aliphatic rings. The molecule has 2 fully saturated rings. The van der Waals surface area contributed by atoms with Crippen molar-refractivity contribution in [2.45, 2.75) is 133 Å². The number of aliphatic hydroxyl groups is 1. The fourth-order valence-electron chi connectivity index (χ4n) is 9.71. The van der Waals surface area contributed by atoms with E-state index in [1.54, 1.807) is 6.07 Å². The van der Waals surface area contributed by atoms with E-state index in [1.165, 1.54) is 30.4 Å². The molecule has 4 bridgehead atoms. The number of phenolic OH excluding ortho intramolecular Hbond substituents is 1. The molecule has 292 valence electrons. The van der Waals surface area contributed by atoms with Gasteiger partial charge in [-0.2, -0.15) is 0 Å². The van der Waals surface area contributed by atoms with Crippen molar-refractivity contribution in [3.8, 4) is 11.5 Å². The first-order valence-electron chi connectivity index (χ1n) is 20.9. The molecular weight excluding hydrogens is 687 g/mol. The Balaban J connectivity index is 1.26. The minimum absolute atomic E-state index is 0.0732. The quantitative estimate of drug-likeness (QED) is 0.146. The molecule has 3 aromatic carbocycles. The molecule has 1 saturated heterocycles. The van der Waals surface area contributed by atoms with Crippen molar-refractivity contribution in [2.75, 3.05) is 13.2 Å². The molecule has 1 spiro atoms. The minimum Gasteiger partial charge on any atom is -0.504 e. The van der Waals surface area contributed by atoms with Crippen LogP contribution in [-0.4, -0.2) is 52.0 Å². The van der Waals surface area contributed by atoms with Gasteiger partial charge in [-0.1, -0.05) is 94.0 Å². The zero-order valence-electron chi connectivity index (χ0n) is 32.5. The molecular formula is C47H59N3O5. The number of rotatable bonds is 6. The fraction of sp³-hybridized carbons (Fsp3) is 0.489. The Kier molecular flexibility index (Phi) is 11.4. The maximum absolute atomic E-state index is 11.2. The standard InChI is InChI=1S/C47H59N3O5/c1-2-3-6-13-40-27-39(51)17-14-33-15-18-42(52)43(24-33)54-31-36-26-38(25-35-28-50(29-41(35)36)45-34(30-53-40)16-19-44(48)49-45)47(37-11-7-4-8-12-37)22-23-55-46(32-47)20-9-5-10-21-46/h4,7-8,11-12,15-16,18-19,24-26,28-29,39-40,44,49,51-52H,2-3,5-6,9-10,13-14,17,20-23,27,30-32,48H2,1H3. The van der Waals surface area contributed by atoms with Gasteiger partial charge in [-0.25, -0.2) is 0 Å². The lowest BCUT2D eigenvalue weighted by Crippen LogP contribution is -2.49. The third-order valence-electron chi connectivity index (χ3n) is 12.7. The average Bonchev–Trinajstić information content (AvgIpc) is 3.64. The molecule has 4 heterocycles. The molecule has 4 atom stereocenters. The van der Waals surface area contributed by atoms with Gasteiger partial charge >= 0.3 is 0 Å². The van der Waals surface area contributed by atoms with Crippen LogP contribution in [0, 0.1) is 0 Å². The van der Waals surface area contributed by atoms with Crippen LogP contribution in [0.25, 0.3) is 16.6 Å². The number of aliphatic hydroxyl groups excluding tert-OH is 1. The molecule has 1 saturated carbocycles. The topological polar surface area (TPSA) is 111 Å². The molecule has 1 aliphatic carbocycles. The number of benzene rings is 3. The molecule has 8 nitrogen and oxygen atoms in total. The van der Waals surface area contributed by atoms with Gasteiger partial charge in [0.05, 0.1) is 30.6 Å². The van der Waals surface area contributed by atoms with Crippen LogP contribution in [-0.2, 0) is 27.9 Å². The van der Waals surface area contributed by atoms with Gasteiger partial charge in [-0.15, -0.1) is 0 Å². The number of nitrogens with zero attached hydrogens (tertiary/aromatic N) is 1. The molecule has 8 heteroatoms. The molecule has 0 radical (unpaired) electrons. The van der Waals surface area contributed by atoms with E-state index in [4.69, 9.17) is 19.9 Å². The van der Waals surface area contributed by atoms with E-state index >= 15 is 0 Å². The highest BCUT2D eigenvalue weighted by Crippen LogP contribution is 2.52. The summed E-state index contributed by atoms with van der Waals surface area (Å²) in [6, 6.07) is 21.4. The Morgan fingerprint density at radius 3 is 2.64 bits per heavy atom. The molecule has 5 N–H and O–H groups in total. The van der Waals surface area contributed by atoms with Gasteiger partial charge in [0, 0.05) is 40.8 Å². The van der Waals surface area contributed by atoms with Gasteiger partial charge in [-0.05, 0) is 97.9 Å². The van der Waals surface area contributed by atoms with E-state index in [-0.39, 0.29) is 35.6 Å². The second-order valence-electron chi connectivity index (χ2n) is 16.6. The summed E-state index contributed by atoms with van der Waals surface area (Å²) in [6.45, 7) is 3.62. The maximum atomic E-state index is 11.2. The first-order chi connectivity index (χ1) is 26.8. The predicted octanol–water partition coefficient (Wildman–Crippen LogP) is 9.00. The van der Waals surface area contributed by atoms with Crippen LogP contribution in [0.2, 0.25) is 0 Å². The van der Waals surface area contributed by atoms with E-state index in [0.29, 0.717) is 31.6 Å². The molecule has 0 amide bonds. The normalized spacial score (nSPS) is 25.9. The maximum Gasteiger partial charge on any atom is 0.161 e. The number of unbranched alkanes of at least 4 members (excludes halogenated alkanes) is 2. The highest BCUT2D eigenvalue weighted by Gasteiger charge is 2.48. The number of ether oxygens (including phenoxy) is 3. The monoisotopic (exact) mass is 745 g/mol. The Bertz CT molecular complexity index is 1990. The summed E-state index contributed by atoms with van der Waals surface area (Å²) in [5, 5.41) is 28.0. The largest absolute Gasteiger partial charge is 0.504 e. The van der Waals surface area contributed by atoms with Crippen molar-refractivity contribution in [1.29, 1.82) is 0 Å². The van der Waals surface area contributed by atoms with Gasteiger partial charge < -0.3 is 40.0 Å². The summed E-state index contributed by atoms with van der Waals surface area (Å²) in [5.74, 6) is 1.45. The Labute approximate surface area is 326 Å². The summed E-state index contributed by atoms with van der Waals surface area (Å²) in [6.07, 6.45) is 21.3. The van der Waals surface area contributed by atoms with E-state index in [0.717, 1.165) is 91.3 Å². The van der Waals surface area contributed by atoms with E-state index in [2.05, 4.69) is 77.7 Å². The zero-order chi connectivity index (χ0) is 37.8. The summed E-state index contributed by atoms with van der Waals surface area (Å²) in [5.41, 5.74) is 11.8. The van der Waals surface area contributed by atoms with E-state index < -0.39 is 6.10 Å². The highest BCUT2D eigenvalue weighted by molar-refractivity contribution is 5.88. The first-order valence-corrected chi connectivity index (χ1v) is 20.9. The SMILES string of the molecule is CCCCCC1CC(O)CCc2ccc(O)c(c2)OCc2cc(C3(c4ccccc4)CCOC4(CCCCC4)C3)cc3cn(cc23)C2=C(C=CC(N)N2)CO1. The Morgan fingerprint density at radius 2 is 1.80 bits per heavy atom. The third kappa shape index (κ3) is 8.24. The van der Waals surface area contributed by atoms with Gasteiger partial charge in [0.2, 0.25) is 0 Å². The third-order valence-corrected chi connectivity index (χ3v) is 12.7. The predicted molar refractivity (Wildman–Crippen MR) is 219 cm³/mol. The summed E-state index contributed by atoms with van der Waals surface area (Å²) < 4.78 is 22.1. The van der Waals surface area contributed by atoms with Gasteiger partial charge in [0.15, 0.2) is 11.5 Å². The lowest BCUT2D eigenvalue weighted by Gasteiger charge is -2.50. The van der Waals surface area contributed by atoms with Gasteiger partial charge in [0.1, 0.15) is 12.4 Å². The molecule has 8 rings (SSSR count). The zero-order valence-corrected chi connectivity index (χ0v) is 32.5. The molecule has 1 aromatic heterocycles. The first kappa shape index (κ1) is 37.8. The number of aryl methyl sites for hydroxylation is 1. The smallest absolute Gasteiger partial charge is 0.161 e. The molecule has 4 unspecified atom stereocenters. The van der Waals surface area contributed by atoms with Crippen LogP contribution in [0.15, 0.2) is 90.8 Å². The highest BCUT2D eigenvalue weighted by atomic mass is 16.5. The van der Waals surface area contributed by atoms with Crippen molar-refractivity contribution in [3.63, 3.8) is 0 Å². The molecule has 4 aromatic rings. The number of hydrogen-bond acceptors (Lipinski definition) is 7.